The molecule has 1 aromatic heterocycles. The third kappa shape index (κ3) is 3.19. The van der Waals surface area contributed by atoms with E-state index in [0.29, 0.717) is 0 Å². The largest absolute Gasteiger partial charge is 0.450 e. The minimum atomic E-state index is 0.765. The highest BCUT2D eigenvalue weighted by Crippen LogP contribution is 2.48. The van der Waals surface area contributed by atoms with E-state index in [-0.39, 0.29) is 0 Å². The van der Waals surface area contributed by atoms with Gasteiger partial charge < -0.3 is 14.0 Å². The third-order valence-corrected chi connectivity index (χ3v) is 9.20. The molecule has 0 atom stereocenters. The molecule has 0 amide bonds. The van der Waals surface area contributed by atoms with Gasteiger partial charge in [0.25, 0.3) is 0 Å². The lowest BCUT2D eigenvalue weighted by molar-refractivity contribution is 0.291. The maximum Gasteiger partial charge on any atom is 0.180 e. The molecule has 0 unspecified atom stereocenters. The summed E-state index contributed by atoms with van der Waals surface area (Å²) in [4.78, 5) is 0. The summed E-state index contributed by atoms with van der Waals surface area (Å²) in [6, 6.07) is 41.9. The Hall–Kier alpha value is -5.54. The molecule has 0 saturated heterocycles. The van der Waals surface area contributed by atoms with E-state index in [1.54, 1.807) is 0 Å². The molecule has 0 fully saturated rings. The van der Waals surface area contributed by atoms with Crippen molar-refractivity contribution in [2.75, 3.05) is 0 Å². The lowest BCUT2D eigenvalue weighted by Crippen LogP contribution is -2.14. The normalized spacial score (nSPS) is 14.5. The Morgan fingerprint density at radius 3 is 1.79 bits per heavy atom. The van der Waals surface area contributed by atoms with Crippen LogP contribution in [0.1, 0.15) is 12.8 Å². The first kappa shape index (κ1) is 23.1. The van der Waals surface area contributed by atoms with Crippen LogP contribution in [0.4, 0.5) is 0 Å². The van der Waals surface area contributed by atoms with E-state index >= 15 is 0 Å². The summed E-state index contributed by atoms with van der Waals surface area (Å²) in [5, 5.41) is 12.3. The molecule has 1 aliphatic heterocycles. The lowest BCUT2D eigenvalue weighted by atomic mass is 9.94. The first-order valence-corrected chi connectivity index (χ1v) is 14.9. The Labute approximate surface area is 247 Å². The topological polar surface area (TPSA) is 23.4 Å². The van der Waals surface area contributed by atoms with Crippen LogP contribution in [0.2, 0.25) is 0 Å². The van der Waals surface area contributed by atoms with Crippen molar-refractivity contribution in [2.45, 2.75) is 12.8 Å². The quantitative estimate of drug-likeness (QED) is 0.189. The fourth-order valence-electron chi connectivity index (χ4n) is 7.28. The monoisotopic (exact) mass is 551 g/mol. The highest BCUT2D eigenvalue weighted by Gasteiger charge is 2.28. The molecule has 1 aliphatic carbocycles. The van der Waals surface area contributed by atoms with Crippen molar-refractivity contribution in [3.63, 3.8) is 0 Å². The summed E-state index contributed by atoms with van der Waals surface area (Å²) in [5.41, 5.74) is 3.37. The number of fused-ring (bicyclic) bond motifs is 13. The first-order valence-electron chi connectivity index (χ1n) is 14.9. The fourth-order valence-corrected chi connectivity index (χ4v) is 7.28. The summed E-state index contributed by atoms with van der Waals surface area (Å²) < 4.78 is 15.4. The molecular weight excluding hydrogens is 526 g/mol. The van der Waals surface area contributed by atoms with Gasteiger partial charge in [-0.2, -0.15) is 0 Å². The summed E-state index contributed by atoms with van der Waals surface area (Å²) in [6.07, 6.45) is 6.20. The van der Waals surface area contributed by atoms with Gasteiger partial charge in [-0.05, 0) is 104 Å². The fraction of sp³-hybridized carbons (Fsp3) is 0.0500. The van der Waals surface area contributed by atoms with E-state index in [0.717, 1.165) is 63.4 Å². The zero-order valence-electron chi connectivity index (χ0n) is 23.3. The van der Waals surface area contributed by atoms with Gasteiger partial charge in [-0.3, -0.25) is 0 Å². The second-order valence-corrected chi connectivity index (χ2v) is 11.6. The number of allylic oxidation sites excluding steroid dienone is 2. The second kappa shape index (κ2) is 8.50. The van der Waals surface area contributed by atoms with Crippen molar-refractivity contribution in [2.24, 2.45) is 0 Å². The van der Waals surface area contributed by atoms with Crippen LogP contribution in [0.25, 0.3) is 70.6 Å². The van der Waals surface area contributed by atoms with E-state index in [4.69, 9.17) is 9.47 Å². The van der Waals surface area contributed by atoms with Gasteiger partial charge in [0.1, 0.15) is 0 Å². The van der Waals surface area contributed by atoms with Crippen LogP contribution in [0.5, 0.6) is 11.5 Å². The van der Waals surface area contributed by atoms with Crippen molar-refractivity contribution in [1.82, 2.24) is 4.57 Å². The zero-order valence-corrected chi connectivity index (χ0v) is 23.3. The molecule has 0 radical (unpaired) electrons. The number of ether oxygens (including phenoxy) is 2. The molecule has 10 rings (SSSR count). The molecule has 0 saturated carbocycles. The zero-order chi connectivity index (χ0) is 28.1. The standard InChI is InChI=1S/C40H25NO2/c1-2-10-25-22-35-33(21-24(25)9-1)39-34(19-20-38-40(39)43-37-16-8-7-15-36(37)42-38)41(35)26-17-18-31-29-13-4-3-11-27(29)28-12-5-6-14-30(28)32(31)23-26/h1-6,9-23H,7-8H2. The number of rotatable bonds is 1. The number of aromatic nitrogens is 1. The van der Waals surface area contributed by atoms with Crippen molar-refractivity contribution < 1.29 is 9.47 Å². The van der Waals surface area contributed by atoms with E-state index in [2.05, 4.69) is 132 Å². The minimum absolute atomic E-state index is 0.765. The molecule has 0 N–H and O–H groups in total. The van der Waals surface area contributed by atoms with Gasteiger partial charge >= 0.3 is 0 Å². The average molecular weight is 552 g/mol. The smallest absolute Gasteiger partial charge is 0.180 e. The number of nitrogens with zero attached hydrogens (tertiary/aromatic N) is 1. The van der Waals surface area contributed by atoms with Crippen LogP contribution in [0.3, 0.4) is 0 Å². The average Bonchev–Trinajstić information content (AvgIpc) is 3.39. The number of hydrogen-bond acceptors (Lipinski definition) is 2. The maximum absolute atomic E-state index is 6.65. The second-order valence-electron chi connectivity index (χ2n) is 11.6. The molecule has 3 heteroatoms. The van der Waals surface area contributed by atoms with E-state index in [1.165, 1.54) is 43.1 Å². The van der Waals surface area contributed by atoms with Crippen molar-refractivity contribution in [1.29, 1.82) is 0 Å². The summed E-state index contributed by atoms with van der Waals surface area (Å²) >= 11 is 0. The molecule has 2 aliphatic rings. The van der Waals surface area contributed by atoms with Crippen LogP contribution < -0.4 is 9.47 Å². The molecule has 2 heterocycles. The summed E-state index contributed by atoms with van der Waals surface area (Å²) in [7, 11) is 0. The van der Waals surface area contributed by atoms with Gasteiger partial charge in [0.15, 0.2) is 23.0 Å². The van der Waals surface area contributed by atoms with Crippen molar-refractivity contribution in [3.05, 3.63) is 139 Å². The number of hydrogen-bond donors (Lipinski definition) is 0. The third-order valence-electron chi connectivity index (χ3n) is 9.20. The van der Waals surface area contributed by atoms with E-state index in [9.17, 15) is 0 Å². The van der Waals surface area contributed by atoms with Crippen LogP contribution in [0.15, 0.2) is 139 Å². The molecule has 0 bridgehead atoms. The Bertz CT molecular complexity index is 2530. The lowest BCUT2D eigenvalue weighted by Gasteiger charge is -2.25. The van der Waals surface area contributed by atoms with Gasteiger partial charge in [0, 0.05) is 11.1 Å². The van der Waals surface area contributed by atoms with Crippen LogP contribution in [0, 0.1) is 0 Å². The van der Waals surface area contributed by atoms with Gasteiger partial charge in [0.05, 0.1) is 16.4 Å². The Kier molecular flexibility index (Phi) is 4.56. The predicted molar refractivity (Wildman–Crippen MR) is 177 cm³/mol. The molecule has 7 aromatic carbocycles. The molecular formula is C40H25NO2. The molecule has 43 heavy (non-hydrogen) atoms. The molecule has 8 aromatic rings. The van der Waals surface area contributed by atoms with Gasteiger partial charge in [-0.25, -0.2) is 0 Å². The van der Waals surface area contributed by atoms with Gasteiger partial charge in [-0.1, -0.05) is 78.9 Å². The predicted octanol–water partition coefficient (Wildman–Crippen LogP) is 10.7. The summed E-state index contributed by atoms with van der Waals surface area (Å²) in [5.74, 6) is 3.19. The molecule has 0 spiro atoms. The summed E-state index contributed by atoms with van der Waals surface area (Å²) in [6.45, 7) is 0. The van der Waals surface area contributed by atoms with Gasteiger partial charge in [0.2, 0.25) is 0 Å². The first-order chi connectivity index (χ1) is 21.3. The highest BCUT2D eigenvalue weighted by atomic mass is 16.6. The number of benzene rings is 7. The maximum atomic E-state index is 6.65. The van der Waals surface area contributed by atoms with Crippen molar-refractivity contribution in [3.8, 4) is 17.2 Å². The van der Waals surface area contributed by atoms with Crippen LogP contribution in [-0.4, -0.2) is 4.57 Å². The highest BCUT2D eigenvalue weighted by molar-refractivity contribution is 6.26. The Morgan fingerprint density at radius 1 is 0.465 bits per heavy atom. The van der Waals surface area contributed by atoms with Crippen LogP contribution >= 0.6 is 0 Å². The Balaban J connectivity index is 1.33. The molecule has 202 valence electrons. The SMILES string of the molecule is C1=C2Oc3ccc4c(c3OC2=CCC1)c1cc2ccccc2cc1n4-c1ccc2c3ccccc3c3ccccc3c2c1. The van der Waals surface area contributed by atoms with Crippen molar-refractivity contribution >= 4 is 64.9 Å². The Morgan fingerprint density at radius 2 is 1.07 bits per heavy atom. The van der Waals surface area contributed by atoms with Crippen LogP contribution in [-0.2, 0) is 0 Å². The minimum Gasteiger partial charge on any atom is -0.450 e. The van der Waals surface area contributed by atoms with Gasteiger partial charge in [-0.15, -0.1) is 0 Å². The van der Waals surface area contributed by atoms with E-state index in [1.807, 2.05) is 0 Å². The van der Waals surface area contributed by atoms with E-state index < -0.39 is 0 Å². The molecule has 3 nitrogen and oxygen atoms in total.